The van der Waals surface area contributed by atoms with Crippen LogP contribution in [0.2, 0.25) is 0 Å². The number of hydrogen-bond acceptors (Lipinski definition) is 6. The Morgan fingerprint density at radius 3 is 3.13 bits per heavy atom. The van der Waals surface area contributed by atoms with Crippen molar-refractivity contribution in [2.75, 3.05) is 33.4 Å². The molecule has 3 rings (SSSR count). The van der Waals surface area contributed by atoms with E-state index in [1.54, 1.807) is 7.11 Å². The number of H-pyrrole nitrogens is 1. The van der Waals surface area contributed by atoms with Crippen molar-refractivity contribution in [3.63, 3.8) is 0 Å². The van der Waals surface area contributed by atoms with Crippen molar-refractivity contribution >= 4 is 0 Å². The molecule has 0 aliphatic carbocycles. The van der Waals surface area contributed by atoms with Gasteiger partial charge >= 0.3 is 0 Å². The van der Waals surface area contributed by atoms with E-state index in [1.165, 1.54) is 0 Å². The van der Waals surface area contributed by atoms with Crippen molar-refractivity contribution < 1.29 is 14.6 Å². The quantitative estimate of drug-likeness (QED) is 0.863. The van der Waals surface area contributed by atoms with E-state index in [0.29, 0.717) is 25.5 Å². The number of aromatic amines is 1. The molecule has 124 valence electrons. The SMILES string of the molecule is COc1cccc([C@H](O)CN2CCO[C@H](c3n[nH]c(C)n3)C2)c1. The molecule has 1 aliphatic heterocycles. The third kappa shape index (κ3) is 3.87. The largest absolute Gasteiger partial charge is 0.497 e. The third-order valence-corrected chi connectivity index (χ3v) is 3.96. The average Bonchev–Trinajstić information content (AvgIpc) is 3.02. The topological polar surface area (TPSA) is 83.5 Å². The lowest BCUT2D eigenvalue weighted by Gasteiger charge is -2.32. The van der Waals surface area contributed by atoms with Crippen molar-refractivity contribution in [3.05, 3.63) is 41.5 Å². The molecule has 7 heteroatoms. The van der Waals surface area contributed by atoms with Crippen LogP contribution >= 0.6 is 0 Å². The number of methoxy groups -OCH3 is 1. The summed E-state index contributed by atoms with van der Waals surface area (Å²) in [4.78, 5) is 6.50. The van der Waals surface area contributed by atoms with Gasteiger partial charge in [0.1, 0.15) is 17.7 Å². The zero-order valence-electron chi connectivity index (χ0n) is 13.4. The number of ether oxygens (including phenoxy) is 2. The number of aryl methyl sites for hydroxylation is 1. The molecule has 0 radical (unpaired) electrons. The van der Waals surface area contributed by atoms with Crippen LogP contribution < -0.4 is 4.74 Å². The molecule has 2 aromatic rings. The molecule has 2 atom stereocenters. The van der Waals surface area contributed by atoms with Crippen LogP contribution in [-0.2, 0) is 4.74 Å². The highest BCUT2D eigenvalue weighted by Gasteiger charge is 2.26. The molecular weight excluding hydrogens is 296 g/mol. The first kappa shape index (κ1) is 15.9. The molecule has 7 nitrogen and oxygen atoms in total. The molecule has 2 heterocycles. The highest BCUT2D eigenvalue weighted by molar-refractivity contribution is 5.29. The van der Waals surface area contributed by atoms with Crippen molar-refractivity contribution in [2.24, 2.45) is 0 Å². The second kappa shape index (κ2) is 7.08. The first-order valence-corrected chi connectivity index (χ1v) is 7.70. The Hall–Kier alpha value is -1.96. The summed E-state index contributed by atoms with van der Waals surface area (Å²) in [5.41, 5.74) is 0.848. The summed E-state index contributed by atoms with van der Waals surface area (Å²) in [6, 6.07) is 7.52. The first-order chi connectivity index (χ1) is 11.2. The maximum Gasteiger partial charge on any atom is 0.180 e. The van der Waals surface area contributed by atoms with Gasteiger partial charge in [-0.25, -0.2) is 4.98 Å². The Bertz CT molecular complexity index is 646. The lowest BCUT2D eigenvalue weighted by molar-refractivity contribution is -0.0461. The van der Waals surface area contributed by atoms with Crippen LogP contribution in [0.3, 0.4) is 0 Å². The van der Waals surface area contributed by atoms with Gasteiger partial charge in [-0.05, 0) is 24.6 Å². The van der Waals surface area contributed by atoms with Gasteiger partial charge in [-0.2, -0.15) is 5.10 Å². The molecule has 23 heavy (non-hydrogen) atoms. The Labute approximate surface area is 135 Å². The minimum Gasteiger partial charge on any atom is -0.497 e. The summed E-state index contributed by atoms with van der Waals surface area (Å²) in [5, 5.41) is 17.5. The maximum absolute atomic E-state index is 10.5. The van der Waals surface area contributed by atoms with E-state index in [1.807, 2.05) is 31.2 Å². The summed E-state index contributed by atoms with van der Waals surface area (Å²) in [7, 11) is 1.62. The fourth-order valence-corrected chi connectivity index (χ4v) is 2.73. The van der Waals surface area contributed by atoms with Crippen molar-refractivity contribution in [1.82, 2.24) is 20.1 Å². The summed E-state index contributed by atoms with van der Waals surface area (Å²) >= 11 is 0. The number of aliphatic hydroxyl groups excluding tert-OH is 1. The summed E-state index contributed by atoms with van der Waals surface area (Å²) in [5.74, 6) is 2.19. The molecule has 1 saturated heterocycles. The zero-order valence-corrected chi connectivity index (χ0v) is 13.4. The number of nitrogens with zero attached hydrogens (tertiary/aromatic N) is 3. The van der Waals surface area contributed by atoms with E-state index in [2.05, 4.69) is 20.1 Å². The van der Waals surface area contributed by atoms with Crippen LogP contribution in [0.5, 0.6) is 5.75 Å². The number of rotatable bonds is 5. The first-order valence-electron chi connectivity index (χ1n) is 7.70. The molecule has 1 aliphatic rings. The average molecular weight is 318 g/mol. The van der Waals surface area contributed by atoms with Crippen molar-refractivity contribution in [1.29, 1.82) is 0 Å². The van der Waals surface area contributed by atoms with E-state index in [0.717, 1.165) is 23.7 Å². The zero-order chi connectivity index (χ0) is 16.2. The van der Waals surface area contributed by atoms with E-state index < -0.39 is 6.10 Å². The molecule has 1 fully saturated rings. The van der Waals surface area contributed by atoms with Gasteiger partial charge in [0.15, 0.2) is 5.82 Å². The Morgan fingerprint density at radius 2 is 2.39 bits per heavy atom. The van der Waals surface area contributed by atoms with E-state index in [4.69, 9.17) is 9.47 Å². The van der Waals surface area contributed by atoms with E-state index >= 15 is 0 Å². The number of aromatic nitrogens is 3. The van der Waals surface area contributed by atoms with Gasteiger partial charge in [-0.15, -0.1) is 0 Å². The van der Waals surface area contributed by atoms with Crippen LogP contribution in [0.1, 0.15) is 29.4 Å². The van der Waals surface area contributed by atoms with Crippen molar-refractivity contribution in [2.45, 2.75) is 19.1 Å². The second-order valence-corrected chi connectivity index (χ2v) is 5.69. The van der Waals surface area contributed by atoms with Crippen LogP contribution in [-0.4, -0.2) is 58.5 Å². The maximum atomic E-state index is 10.5. The monoisotopic (exact) mass is 318 g/mol. The summed E-state index contributed by atoms with van der Waals surface area (Å²) in [6.07, 6.45) is -0.732. The van der Waals surface area contributed by atoms with Gasteiger partial charge in [-0.3, -0.25) is 10.00 Å². The second-order valence-electron chi connectivity index (χ2n) is 5.69. The normalized spacial score (nSPS) is 20.4. The Morgan fingerprint density at radius 1 is 1.52 bits per heavy atom. The van der Waals surface area contributed by atoms with Gasteiger partial charge in [0.2, 0.25) is 0 Å². The highest BCUT2D eigenvalue weighted by Crippen LogP contribution is 2.23. The fourth-order valence-electron chi connectivity index (χ4n) is 2.73. The van der Waals surface area contributed by atoms with Crippen molar-refractivity contribution in [3.8, 4) is 5.75 Å². The molecule has 1 aromatic heterocycles. The third-order valence-electron chi connectivity index (χ3n) is 3.96. The fraction of sp³-hybridized carbons (Fsp3) is 0.500. The lowest BCUT2D eigenvalue weighted by atomic mass is 10.1. The smallest absolute Gasteiger partial charge is 0.180 e. The minimum absolute atomic E-state index is 0.161. The minimum atomic E-state index is -0.572. The highest BCUT2D eigenvalue weighted by atomic mass is 16.5. The standard InChI is InChI=1S/C16H22N4O3/c1-11-17-16(19-18-11)15-10-20(6-7-23-15)9-14(21)12-4-3-5-13(8-12)22-2/h3-5,8,14-15,21H,6-7,9-10H2,1-2H3,(H,17,18,19)/t14-,15+/m1/s1. The number of morpholine rings is 1. The molecule has 0 unspecified atom stereocenters. The number of nitrogens with one attached hydrogen (secondary N) is 1. The van der Waals surface area contributed by atoms with E-state index in [-0.39, 0.29) is 6.10 Å². The molecule has 0 bridgehead atoms. The Balaban J connectivity index is 1.62. The van der Waals surface area contributed by atoms with Crippen LogP contribution in [0.4, 0.5) is 0 Å². The van der Waals surface area contributed by atoms with Gasteiger partial charge in [0, 0.05) is 19.6 Å². The molecular formula is C16H22N4O3. The Kier molecular flexibility index (Phi) is 4.90. The van der Waals surface area contributed by atoms with Gasteiger partial charge in [0.25, 0.3) is 0 Å². The van der Waals surface area contributed by atoms with E-state index in [9.17, 15) is 5.11 Å². The van der Waals surface area contributed by atoms with Gasteiger partial charge < -0.3 is 14.6 Å². The van der Waals surface area contributed by atoms with Crippen LogP contribution in [0, 0.1) is 6.92 Å². The predicted molar refractivity (Wildman–Crippen MR) is 84.2 cm³/mol. The molecule has 0 spiro atoms. The van der Waals surface area contributed by atoms with Gasteiger partial charge in [0.05, 0.1) is 19.8 Å². The summed E-state index contributed by atoms with van der Waals surface area (Å²) in [6.45, 7) is 4.45. The number of hydrogen-bond donors (Lipinski definition) is 2. The predicted octanol–water partition coefficient (Wildman–Crippen LogP) is 1.23. The molecule has 1 aromatic carbocycles. The number of β-amino-alcohol motifs (C(OH)–C–C–N with tert-alkyl or cyclic N) is 1. The van der Waals surface area contributed by atoms with Crippen LogP contribution in [0.15, 0.2) is 24.3 Å². The summed E-state index contributed by atoms with van der Waals surface area (Å²) < 4.78 is 11.0. The molecule has 0 amide bonds. The number of benzene rings is 1. The van der Waals surface area contributed by atoms with Crippen LogP contribution in [0.25, 0.3) is 0 Å². The molecule has 0 saturated carbocycles. The molecule has 2 N–H and O–H groups in total. The number of aliphatic hydroxyl groups is 1. The lowest BCUT2D eigenvalue weighted by Crippen LogP contribution is -2.40. The van der Waals surface area contributed by atoms with Gasteiger partial charge in [-0.1, -0.05) is 12.1 Å².